The van der Waals surface area contributed by atoms with Crippen molar-refractivity contribution in [1.82, 2.24) is 5.32 Å². The first-order valence-corrected chi connectivity index (χ1v) is 7.95. The van der Waals surface area contributed by atoms with E-state index >= 15 is 0 Å². The number of aliphatic hydroxyl groups excluding tert-OH is 1. The molecular weight excluding hydrogens is 298 g/mol. The van der Waals surface area contributed by atoms with Gasteiger partial charge in [-0.1, -0.05) is 25.3 Å². The van der Waals surface area contributed by atoms with E-state index in [0.717, 1.165) is 32.1 Å². The van der Waals surface area contributed by atoms with E-state index in [-0.39, 0.29) is 30.3 Å². The van der Waals surface area contributed by atoms with Crippen molar-refractivity contribution >= 4 is 17.4 Å². The van der Waals surface area contributed by atoms with Gasteiger partial charge in [-0.25, -0.2) is 4.79 Å². The van der Waals surface area contributed by atoms with Crippen LogP contribution in [0.5, 0.6) is 0 Å². The highest BCUT2D eigenvalue weighted by molar-refractivity contribution is 5.90. The summed E-state index contributed by atoms with van der Waals surface area (Å²) >= 11 is 0. The quantitative estimate of drug-likeness (QED) is 0.450. The summed E-state index contributed by atoms with van der Waals surface area (Å²) in [4.78, 5) is 22.7. The molecule has 2 rings (SSSR count). The molecule has 3 N–H and O–H groups in total. The van der Waals surface area contributed by atoms with Gasteiger partial charge in [0.05, 0.1) is 16.2 Å². The zero-order chi connectivity index (χ0) is 16.8. The van der Waals surface area contributed by atoms with Crippen molar-refractivity contribution in [2.24, 2.45) is 5.92 Å². The molecule has 7 heteroatoms. The number of carbonyl (C=O) groups excluding carboxylic acids is 1. The van der Waals surface area contributed by atoms with Gasteiger partial charge in [0.2, 0.25) is 0 Å². The molecule has 0 heterocycles. The van der Waals surface area contributed by atoms with E-state index < -0.39 is 4.92 Å². The van der Waals surface area contributed by atoms with Crippen molar-refractivity contribution in [2.75, 3.05) is 11.9 Å². The van der Waals surface area contributed by atoms with Gasteiger partial charge in [-0.3, -0.25) is 10.1 Å². The minimum Gasteiger partial charge on any atom is -0.396 e. The largest absolute Gasteiger partial charge is 0.396 e. The van der Waals surface area contributed by atoms with E-state index in [0.29, 0.717) is 11.3 Å². The SMILES string of the molecule is Cc1c(NC(=O)NC2CCCCCC2CO)cccc1[N+](=O)[O-]. The summed E-state index contributed by atoms with van der Waals surface area (Å²) in [7, 11) is 0. The van der Waals surface area contributed by atoms with Crippen LogP contribution in [0.2, 0.25) is 0 Å². The highest BCUT2D eigenvalue weighted by atomic mass is 16.6. The van der Waals surface area contributed by atoms with E-state index in [9.17, 15) is 20.0 Å². The summed E-state index contributed by atoms with van der Waals surface area (Å²) in [6.45, 7) is 1.66. The molecule has 126 valence electrons. The van der Waals surface area contributed by atoms with Gasteiger partial charge >= 0.3 is 6.03 Å². The van der Waals surface area contributed by atoms with Gasteiger partial charge in [-0.2, -0.15) is 0 Å². The Morgan fingerprint density at radius 1 is 1.35 bits per heavy atom. The molecule has 1 fully saturated rings. The lowest BCUT2D eigenvalue weighted by Crippen LogP contribution is -2.43. The lowest BCUT2D eigenvalue weighted by molar-refractivity contribution is -0.385. The zero-order valence-corrected chi connectivity index (χ0v) is 13.2. The average Bonchev–Trinajstić information content (AvgIpc) is 2.74. The third-order valence-corrected chi connectivity index (χ3v) is 4.46. The second kappa shape index (κ2) is 7.92. The predicted molar refractivity (Wildman–Crippen MR) is 87.4 cm³/mol. The Hall–Kier alpha value is -2.15. The minimum absolute atomic E-state index is 0.0227. The molecule has 23 heavy (non-hydrogen) atoms. The van der Waals surface area contributed by atoms with Gasteiger partial charge in [0.1, 0.15) is 0 Å². The molecule has 0 aromatic heterocycles. The van der Waals surface area contributed by atoms with Crippen LogP contribution < -0.4 is 10.6 Å². The van der Waals surface area contributed by atoms with Crippen LogP contribution in [0.1, 0.15) is 37.7 Å². The molecular formula is C16H23N3O4. The van der Waals surface area contributed by atoms with Crippen molar-refractivity contribution in [2.45, 2.75) is 45.1 Å². The van der Waals surface area contributed by atoms with E-state index in [2.05, 4.69) is 10.6 Å². The second-order valence-corrected chi connectivity index (χ2v) is 5.99. The molecule has 1 aromatic carbocycles. The van der Waals surface area contributed by atoms with Gasteiger partial charge in [0.15, 0.2) is 0 Å². The van der Waals surface area contributed by atoms with Crippen LogP contribution >= 0.6 is 0 Å². The molecule has 0 aliphatic heterocycles. The fourth-order valence-electron chi connectivity index (χ4n) is 3.08. The van der Waals surface area contributed by atoms with Crippen LogP contribution in [0.4, 0.5) is 16.2 Å². The van der Waals surface area contributed by atoms with E-state index in [4.69, 9.17) is 0 Å². The lowest BCUT2D eigenvalue weighted by atomic mass is 9.96. The number of nitrogens with zero attached hydrogens (tertiary/aromatic N) is 1. The molecule has 2 atom stereocenters. The number of anilines is 1. The van der Waals surface area contributed by atoms with Crippen molar-refractivity contribution in [1.29, 1.82) is 0 Å². The summed E-state index contributed by atoms with van der Waals surface area (Å²) in [6, 6.07) is 4.13. The Kier molecular flexibility index (Phi) is 5.92. The van der Waals surface area contributed by atoms with Crippen molar-refractivity contribution < 1.29 is 14.8 Å². The monoisotopic (exact) mass is 321 g/mol. The van der Waals surface area contributed by atoms with Gasteiger partial charge in [-0.05, 0) is 25.8 Å². The molecule has 0 saturated heterocycles. The van der Waals surface area contributed by atoms with Crippen molar-refractivity contribution in [3.63, 3.8) is 0 Å². The molecule has 7 nitrogen and oxygen atoms in total. The standard InChI is InChI=1S/C16H23N3O4/c1-11-13(8-5-9-15(11)19(22)23)17-16(21)18-14-7-4-2-3-6-12(14)10-20/h5,8-9,12,14,20H,2-4,6-7,10H2,1H3,(H2,17,18,21). The Labute approximate surface area is 135 Å². The van der Waals surface area contributed by atoms with Crippen LogP contribution in [0.25, 0.3) is 0 Å². The molecule has 2 unspecified atom stereocenters. The number of aliphatic hydroxyl groups is 1. The number of nitro groups is 1. The third kappa shape index (κ3) is 4.41. The fraction of sp³-hybridized carbons (Fsp3) is 0.562. The summed E-state index contributed by atoms with van der Waals surface area (Å²) in [5.41, 5.74) is 0.823. The van der Waals surface area contributed by atoms with E-state index in [1.165, 1.54) is 6.07 Å². The summed E-state index contributed by atoms with van der Waals surface area (Å²) < 4.78 is 0. The molecule has 0 spiro atoms. The summed E-state index contributed by atoms with van der Waals surface area (Å²) in [5, 5.41) is 26.0. The van der Waals surface area contributed by atoms with Crippen LogP contribution in [-0.2, 0) is 0 Å². The third-order valence-electron chi connectivity index (χ3n) is 4.46. The van der Waals surface area contributed by atoms with Gasteiger partial charge < -0.3 is 15.7 Å². The molecule has 0 radical (unpaired) electrons. The average molecular weight is 321 g/mol. The number of hydrogen-bond donors (Lipinski definition) is 3. The Morgan fingerprint density at radius 3 is 2.78 bits per heavy atom. The van der Waals surface area contributed by atoms with Crippen LogP contribution in [0.15, 0.2) is 18.2 Å². The summed E-state index contributed by atoms with van der Waals surface area (Å²) in [5.74, 6) is 0.0643. The normalized spacial score (nSPS) is 21.3. The highest BCUT2D eigenvalue weighted by Crippen LogP contribution is 2.26. The van der Waals surface area contributed by atoms with Crippen molar-refractivity contribution in [3.05, 3.63) is 33.9 Å². The smallest absolute Gasteiger partial charge is 0.319 e. The molecule has 0 bridgehead atoms. The van der Waals surface area contributed by atoms with Gasteiger partial charge in [-0.15, -0.1) is 0 Å². The zero-order valence-electron chi connectivity index (χ0n) is 13.2. The number of nitro benzene ring substituents is 1. The molecule has 2 amide bonds. The van der Waals surface area contributed by atoms with Crippen LogP contribution in [-0.4, -0.2) is 28.7 Å². The first-order chi connectivity index (χ1) is 11.0. The Morgan fingerprint density at radius 2 is 2.09 bits per heavy atom. The number of carbonyl (C=O) groups is 1. The van der Waals surface area contributed by atoms with Crippen LogP contribution in [0.3, 0.4) is 0 Å². The van der Waals surface area contributed by atoms with Crippen molar-refractivity contribution in [3.8, 4) is 0 Å². The maximum Gasteiger partial charge on any atom is 0.319 e. The maximum atomic E-state index is 12.2. The molecule has 1 aromatic rings. The topological polar surface area (TPSA) is 104 Å². The number of nitrogens with one attached hydrogen (secondary N) is 2. The number of rotatable bonds is 4. The Bertz CT molecular complexity index is 576. The fourth-order valence-corrected chi connectivity index (χ4v) is 3.08. The van der Waals surface area contributed by atoms with Gasteiger partial charge in [0, 0.05) is 24.6 Å². The molecule has 1 aliphatic rings. The first kappa shape index (κ1) is 17.2. The number of amides is 2. The van der Waals surface area contributed by atoms with Gasteiger partial charge in [0.25, 0.3) is 5.69 Å². The summed E-state index contributed by atoms with van der Waals surface area (Å²) in [6.07, 6.45) is 4.94. The lowest BCUT2D eigenvalue weighted by Gasteiger charge is -2.24. The van der Waals surface area contributed by atoms with E-state index in [1.807, 2.05) is 0 Å². The number of hydrogen-bond acceptors (Lipinski definition) is 4. The highest BCUT2D eigenvalue weighted by Gasteiger charge is 2.25. The number of urea groups is 1. The predicted octanol–water partition coefficient (Wildman–Crippen LogP) is 2.97. The number of benzene rings is 1. The minimum atomic E-state index is -0.467. The maximum absolute atomic E-state index is 12.2. The second-order valence-electron chi connectivity index (χ2n) is 5.99. The molecule has 1 aliphatic carbocycles. The van der Waals surface area contributed by atoms with E-state index in [1.54, 1.807) is 19.1 Å². The van der Waals surface area contributed by atoms with Crippen LogP contribution in [0, 0.1) is 23.0 Å². The Balaban J connectivity index is 2.04. The first-order valence-electron chi connectivity index (χ1n) is 7.95. The molecule has 1 saturated carbocycles.